The van der Waals surface area contributed by atoms with Crippen LogP contribution in [0, 0.1) is 5.92 Å². The lowest BCUT2D eigenvalue weighted by molar-refractivity contribution is 0.0575. The normalized spacial score (nSPS) is 23.6. The molecule has 0 saturated heterocycles. The quantitative estimate of drug-likeness (QED) is 0.887. The molecule has 1 heterocycles. The Balaban J connectivity index is 1.40. The highest BCUT2D eigenvalue weighted by molar-refractivity contribution is 5.91. The van der Waals surface area contributed by atoms with Gasteiger partial charge in [0.15, 0.2) is 11.5 Å². The summed E-state index contributed by atoms with van der Waals surface area (Å²) in [4.78, 5) is 18.6. The van der Waals surface area contributed by atoms with E-state index in [2.05, 4.69) is 10.3 Å². The number of nitrogens with one attached hydrogen (secondary N) is 1. The topological polar surface area (TPSA) is 78.6 Å². The summed E-state index contributed by atoms with van der Waals surface area (Å²) in [7, 11) is 1.77. The molecule has 1 aromatic heterocycles. The maximum absolute atomic E-state index is 12.4. The highest BCUT2D eigenvalue weighted by atomic mass is 16.3. The van der Waals surface area contributed by atoms with E-state index in [4.69, 9.17) is 4.42 Å². The van der Waals surface area contributed by atoms with Crippen LogP contribution in [0.25, 0.3) is 11.1 Å². The minimum atomic E-state index is -0.296. The van der Waals surface area contributed by atoms with Crippen LogP contribution < -0.4 is 5.32 Å². The van der Waals surface area contributed by atoms with Crippen molar-refractivity contribution in [3.8, 4) is 0 Å². The summed E-state index contributed by atoms with van der Waals surface area (Å²) in [6, 6.07) is 5.39. The maximum atomic E-state index is 12.4. The third kappa shape index (κ3) is 3.63. The van der Waals surface area contributed by atoms with E-state index in [-0.39, 0.29) is 18.1 Å². The zero-order valence-corrected chi connectivity index (χ0v) is 14.6. The molecule has 0 aliphatic heterocycles. The molecule has 6 heteroatoms. The van der Waals surface area contributed by atoms with Crippen molar-refractivity contribution in [3.63, 3.8) is 0 Å². The second-order valence-electron chi connectivity index (χ2n) is 7.43. The summed E-state index contributed by atoms with van der Waals surface area (Å²) in [5, 5.41) is 13.0. The van der Waals surface area contributed by atoms with Crippen LogP contribution in [-0.4, -0.2) is 40.7 Å². The maximum Gasteiger partial charge on any atom is 0.321 e. The molecule has 2 aromatic rings. The van der Waals surface area contributed by atoms with Gasteiger partial charge in [-0.25, -0.2) is 9.78 Å². The van der Waals surface area contributed by atoms with Gasteiger partial charge in [-0.05, 0) is 37.8 Å². The fraction of sp³-hybridized carbons (Fsp3) is 0.579. The van der Waals surface area contributed by atoms with Gasteiger partial charge >= 0.3 is 6.03 Å². The lowest BCUT2D eigenvalue weighted by Crippen LogP contribution is -2.40. The van der Waals surface area contributed by atoms with E-state index >= 15 is 0 Å². The number of oxazole rings is 1. The predicted octanol–water partition coefficient (Wildman–Crippen LogP) is 3.72. The van der Waals surface area contributed by atoms with Crippen LogP contribution >= 0.6 is 0 Å². The number of fused-ring (bicyclic) bond motifs is 1. The molecule has 0 bridgehead atoms. The summed E-state index contributed by atoms with van der Waals surface area (Å²) in [5.74, 6) is 1.45. The number of carbonyl (C=O) groups is 1. The zero-order valence-electron chi connectivity index (χ0n) is 14.6. The molecule has 4 rings (SSSR count). The van der Waals surface area contributed by atoms with Gasteiger partial charge in [0.25, 0.3) is 0 Å². The first-order valence-corrected chi connectivity index (χ1v) is 9.21. The number of hydrogen-bond donors (Lipinski definition) is 2. The van der Waals surface area contributed by atoms with Crippen LogP contribution in [0.2, 0.25) is 0 Å². The van der Waals surface area contributed by atoms with Crippen molar-refractivity contribution < 1.29 is 14.3 Å². The average molecular weight is 343 g/mol. The minimum Gasteiger partial charge on any atom is -0.440 e. The van der Waals surface area contributed by atoms with Gasteiger partial charge in [0.05, 0.1) is 6.10 Å². The Morgan fingerprint density at radius 3 is 2.88 bits per heavy atom. The molecule has 2 aliphatic rings. The Kier molecular flexibility index (Phi) is 4.37. The molecule has 0 radical (unpaired) electrons. The number of anilines is 1. The predicted molar refractivity (Wildman–Crippen MR) is 95.6 cm³/mol. The lowest BCUT2D eigenvalue weighted by Gasteiger charge is -2.31. The first-order chi connectivity index (χ1) is 12.1. The molecule has 2 saturated carbocycles. The van der Waals surface area contributed by atoms with Gasteiger partial charge in [-0.1, -0.05) is 12.8 Å². The number of aliphatic hydroxyl groups excluding tert-OH is 1. The van der Waals surface area contributed by atoms with E-state index in [1.165, 1.54) is 0 Å². The molecular formula is C19H25N3O3. The number of aromatic nitrogens is 1. The molecule has 2 atom stereocenters. The summed E-state index contributed by atoms with van der Waals surface area (Å²) in [5.41, 5.74) is 2.25. The number of urea groups is 1. The van der Waals surface area contributed by atoms with Crippen molar-refractivity contribution in [1.82, 2.24) is 9.88 Å². The number of carbonyl (C=O) groups excluding carboxylic acids is 1. The van der Waals surface area contributed by atoms with E-state index in [0.717, 1.165) is 49.9 Å². The minimum absolute atomic E-state index is 0.168. The van der Waals surface area contributed by atoms with Gasteiger partial charge in [-0.3, -0.25) is 0 Å². The van der Waals surface area contributed by atoms with Crippen molar-refractivity contribution >= 4 is 22.8 Å². The monoisotopic (exact) mass is 343 g/mol. The molecule has 2 aliphatic carbocycles. The van der Waals surface area contributed by atoms with Crippen molar-refractivity contribution in [1.29, 1.82) is 0 Å². The van der Waals surface area contributed by atoms with Crippen molar-refractivity contribution in [3.05, 3.63) is 24.1 Å². The average Bonchev–Trinajstić information content (AvgIpc) is 3.36. The Labute approximate surface area is 147 Å². The SMILES string of the molecule is CN(CC1CCCCC1O)C(=O)Nc1ccc2nc(C3CC3)oc2c1. The van der Waals surface area contributed by atoms with E-state index in [1.807, 2.05) is 18.2 Å². The number of rotatable bonds is 4. The highest BCUT2D eigenvalue weighted by Crippen LogP contribution is 2.40. The second kappa shape index (κ2) is 6.67. The largest absolute Gasteiger partial charge is 0.440 e. The molecule has 2 unspecified atom stereocenters. The molecule has 2 N–H and O–H groups in total. The zero-order chi connectivity index (χ0) is 17.4. The van der Waals surface area contributed by atoms with E-state index < -0.39 is 0 Å². The fourth-order valence-corrected chi connectivity index (χ4v) is 3.58. The van der Waals surface area contributed by atoms with Crippen LogP contribution in [0.1, 0.15) is 50.3 Å². The fourth-order valence-electron chi connectivity index (χ4n) is 3.58. The number of amides is 2. The third-order valence-electron chi connectivity index (χ3n) is 5.31. The number of nitrogens with zero attached hydrogens (tertiary/aromatic N) is 2. The lowest BCUT2D eigenvalue weighted by atomic mass is 9.86. The Bertz CT molecular complexity index is 768. The molecule has 2 fully saturated rings. The number of aliphatic hydroxyl groups is 1. The molecular weight excluding hydrogens is 318 g/mol. The first kappa shape index (κ1) is 16.4. The number of benzene rings is 1. The Hall–Kier alpha value is -2.08. The van der Waals surface area contributed by atoms with Crippen LogP contribution in [0.4, 0.5) is 10.5 Å². The molecule has 0 spiro atoms. The van der Waals surface area contributed by atoms with Crippen LogP contribution in [0.15, 0.2) is 22.6 Å². The third-order valence-corrected chi connectivity index (χ3v) is 5.31. The molecule has 2 amide bonds. The van der Waals surface area contributed by atoms with Crippen molar-refractivity contribution in [2.75, 3.05) is 18.9 Å². The first-order valence-electron chi connectivity index (χ1n) is 9.21. The van der Waals surface area contributed by atoms with Gasteiger partial charge < -0.3 is 19.7 Å². The van der Waals surface area contributed by atoms with Crippen molar-refractivity contribution in [2.24, 2.45) is 5.92 Å². The molecule has 1 aromatic carbocycles. The summed E-state index contributed by atoms with van der Waals surface area (Å²) in [6.45, 7) is 0.573. The highest BCUT2D eigenvalue weighted by Gasteiger charge is 2.29. The standard InChI is InChI=1S/C19H25N3O3/c1-22(11-13-4-2-3-5-16(13)23)19(24)20-14-8-9-15-17(10-14)25-18(21-15)12-6-7-12/h8-10,12-13,16,23H,2-7,11H2,1H3,(H,20,24). The molecule has 6 nitrogen and oxygen atoms in total. The van der Waals surface area contributed by atoms with E-state index in [1.54, 1.807) is 11.9 Å². The Morgan fingerprint density at radius 1 is 1.32 bits per heavy atom. The van der Waals surface area contributed by atoms with Crippen LogP contribution in [0.5, 0.6) is 0 Å². The molecule has 134 valence electrons. The summed E-state index contributed by atoms with van der Waals surface area (Å²) in [6.07, 6.45) is 6.02. The van der Waals surface area contributed by atoms with Crippen LogP contribution in [-0.2, 0) is 0 Å². The molecule has 25 heavy (non-hydrogen) atoms. The smallest absolute Gasteiger partial charge is 0.321 e. The van der Waals surface area contributed by atoms with Gasteiger partial charge in [-0.15, -0.1) is 0 Å². The van der Waals surface area contributed by atoms with Gasteiger partial charge in [0, 0.05) is 37.2 Å². The van der Waals surface area contributed by atoms with E-state index in [9.17, 15) is 9.90 Å². The van der Waals surface area contributed by atoms with Gasteiger partial charge in [0.2, 0.25) is 0 Å². The van der Waals surface area contributed by atoms with E-state index in [0.29, 0.717) is 23.7 Å². The summed E-state index contributed by atoms with van der Waals surface area (Å²) >= 11 is 0. The van der Waals surface area contributed by atoms with Gasteiger partial charge in [-0.2, -0.15) is 0 Å². The number of hydrogen-bond acceptors (Lipinski definition) is 4. The second-order valence-corrected chi connectivity index (χ2v) is 7.43. The summed E-state index contributed by atoms with van der Waals surface area (Å²) < 4.78 is 5.80. The van der Waals surface area contributed by atoms with Crippen molar-refractivity contribution in [2.45, 2.75) is 50.5 Å². The van der Waals surface area contributed by atoms with Gasteiger partial charge in [0.1, 0.15) is 5.52 Å². The Morgan fingerprint density at radius 2 is 2.12 bits per heavy atom. The van der Waals surface area contributed by atoms with Crippen LogP contribution in [0.3, 0.4) is 0 Å².